The molecule has 24 heavy (non-hydrogen) atoms. The van der Waals surface area contributed by atoms with E-state index in [0.29, 0.717) is 28.1 Å². The minimum Gasteiger partial charge on any atom is -0.294 e. The topological polar surface area (TPSA) is 34.1 Å². The fourth-order valence-corrected chi connectivity index (χ4v) is 2.58. The van der Waals surface area contributed by atoms with Gasteiger partial charge in [-0.3, -0.25) is 9.59 Å². The van der Waals surface area contributed by atoms with Crippen molar-refractivity contribution >= 4 is 23.2 Å². The molecule has 0 fully saturated rings. The van der Waals surface area contributed by atoms with Crippen molar-refractivity contribution in [2.45, 2.75) is 6.42 Å². The Kier molecular flexibility index (Phi) is 4.88. The summed E-state index contributed by atoms with van der Waals surface area (Å²) in [5.74, 6) is -0.0386. The molecule has 0 spiro atoms. The zero-order valence-electron chi connectivity index (χ0n) is 12.9. The van der Waals surface area contributed by atoms with Crippen molar-refractivity contribution in [2.75, 3.05) is 0 Å². The molecule has 0 aliphatic rings. The van der Waals surface area contributed by atoms with E-state index in [1.165, 1.54) is 0 Å². The van der Waals surface area contributed by atoms with E-state index in [2.05, 4.69) is 0 Å². The first-order valence-electron chi connectivity index (χ1n) is 7.61. The van der Waals surface area contributed by atoms with Crippen molar-refractivity contribution < 1.29 is 9.59 Å². The van der Waals surface area contributed by atoms with E-state index in [4.69, 9.17) is 11.6 Å². The van der Waals surface area contributed by atoms with Crippen LogP contribution in [0.5, 0.6) is 0 Å². The van der Waals surface area contributed by atoms with E-state index in [9.17, 15) is 9.59 Å². The Morgan fingerprint density at radius 3 is 1.83 bits per heavy atom. The van der Waals surface area contributed by atoms with Gasteiger partial charge in [0.05, 0.1) is 0 Å². The maximum atomic E-state index is 12.4. The number of rotatable bonds is 5. The smallest absolute Gasteiger partial charge is 0.193 e. The minimum atomic E-state index is -0.0488. The highest BCUT2D eigenvalue weighted by atomic mass is 35.5. The molecule has 3 aromatic rings. The summed E-state index contributed by atoms with van der Waals surface area (Å²) in [6.45, 7) is 0. The zero-order chi connectivity index (χ0) is 16.9. The maximum Gasteiger partial charge on any atom is 0.193 e. The van der Waals surface area contributed by atoms with Crippen LogP contribution in [-0.2, 0) is 6.42 Å². The number of hydrogen-bond acceptors (Lipinski definition) is 2. The first-order valence-corrected chi connectivity index (χ1v) is 7.99. The van der Waals surface area contributed by atoms with Crippen LogP contribution in [-0.4, -0.2) is 11.6 Å². The van der Waals surface area contributed by atoms with Crippen LogP contribution in [0.4, 0.5) is 0 Å². The van der Waals surface area contributed by atoms with E-state index in [0.717, 1.165) is 5.56 Å². The quantitative estimate of drug-likeness (QED) is 0.615. The number of benzene rings is 3. The van der Waals surface area contributed by atoms with Gasteiger partial charge < -0.3 is 0 Å². The highest BCUT2D eigenvalue weighted by Crippen LogP contribution is 2.14. The Hall–Kier alpha value is -2.71. The molecule has 0 amide bonds. The average Bonchev–Trinajstić information content (AvgIpc) is 2.64. The first-order chi connectivity index (χ1) is 11.6. The monoisotopic (exact) mass is 334 g/mol. The summed E-state index contributed by atoms with van der Waals surface area (Å²) < 4.78 is 0. The van der Waals surface area contributed by atoms with Crippen LogP contribution < -0.4 is 0 Å². The Morgan fingerprint density at radius 1 is 0.667 bits per heavy atom. The highest BCUT2D eigenvalue weighted by molar-refractivity contribution is 6.30. The maximum absolute atomic E-state index is 12.4. The lowest BCUT2D eigenvalue weighted by atomic mass is 9.99. The molecule has 0 aliphatic heterocycles. The second-order valence-electron chi connectivity index (χ2n) is 5.50. The molecule has 118 valence electrons. The number of Topliss-reactive ketones (excluding diaryl/α,β-unsaturated/α-hetero) is 1. The van der Waals surface area contributed by atoms with E-state index in [-0.39, 0.29) is 11.6 Å². The molecule has 0 heterocycles. The van der Waals surface area contributed by atoms with E-state index >= 15 is 0 Å². The molecule has 3 aromatic carbocycles. The van der Waals surface area contributed by atoms with Crippen molar-refractivity contribution in [3.63, 3.8) is 0 Å². The molecule has 3 rings (SSSR count). The largest absolute Gasteiger partial charge is 0.294 e. The van der Waals surface area contributed by atoms with Gasteiger partial charge in [-0.25, -0.2) is 0 Å². The van der Waals surface area contributed by atoms with Gasteiger partial charge in [-0.2, -0.15) is 0 Å². The predicted octanol–water partition coefficient (Wildman–Crippen LogP) is 5.00. The lowest BCUT2D eigenvalue weighted by molar-refractivity contribution is 0.0990. The third-order valence-corrected chi connectivity index (χ3v) is 4.03. The molecule has 0 aliphatic carbocycles. The first kappa shape index (κ1) is 16.2. The predicted molar refractivity (Wildman–Crippen MR) is 95.8 cm³/mol. The fourth-order valence-electron chi connectivity index (χ4n) is 2.45. The summed E-state index contributed by atoms with van der Waals surface area (Å²) >= 11 is 5.85. The normalized spacial score (nSPS) is 10.4. The van der Waals surface area contributed by atoms with Crippen LogP contribution in [0.1, 0.15) is 31.8 Å². The van der Waals surface area contributed by atoms with Crippen LogP contribution in [0.25, 0.3) is 0 Å². The molecule has 0 unspecified atom stereocenters. The van der Waals surface area contributed by atoms with Crippen LogP contribution >= 0.6 is 11.6 Å². The van der Waals surface area contributed by atoms with Gasteiger partial charge in [-0.05, 0) is 17.7 Å². The van der Waals surface area contributed by atoms with Crippen LogP contribution in [0.15, 0.2) is 78.9 Å². The summed E-state index contributed by atoms with van der Waals surface area (Å²) in [5.41, 5.74) is 2.71. The fraction of sp³-hybridized carbons (Fsp3) is 0.0476. The summed E-state index contributed by atoms with van der Waals surface area (Å²) in [6.07, 6.45) is 0.309. The molecular weight excluding hydrogens is 320 g/mol. The summed E-state index contributed by atoms with van der Waals surface area (Å²) in [4.78, 5) is 24.7. The van der Waals surface area contributed by atoms with E-state index in [1.807, 2.05) is 30.3 Å². The Balaban J connectivity index is 1.73. The van der Waals surface area contributed by atoms with Gasteiger partial charge in [0.1, 0.15) is 0 Å². The van der Waals surface area contributed by atoms with Gasteiger partial charge in [-0.15, -0.1) is 0 Å². The van der Waals surface area contributed by atoms with Crippen molar-refractivity contribution in [3.8, 4) is 0 Å². The summed E-state index contributed by atoms with van der Waals surface area (Å²) in [6, 6.07) is 23.1. The van der Waals surface area contributed by atoms with Gasteiger partial charge in [0.25, 0.3) is 0 Å². The molecule has 0 atom stereocenters. The molecular formula is C21H15ClO2. The standard InChI is InChI=1S/C21H15ClO2/c22-19-12-6-15(7-13-19)14-20(23)16-8-10-18(11-9-16)21(24)17-4-2-1-3-5-17/h1-13H,14H2. The molecule has 0 radical (unpaired) electrons. The number of halogens is 1. The average molecular weight is 335 g/mol. The van der Waals surface area contributed by atoms with Crippen molar-refractivity contribution in [3.05, 3.63) is 106 Å². The zero-order valence-corrected chi connectivity index (χ0v) is 13.7. The molecule has 3 heteroatoms. The highest BCUT2D eigenvalue weighted by Gasteiger charge is 2.11. The SMILES string of the molecule is O=C(Cc1ccc(Cl)cc1)c1ccc(C(=O)c2ccccc2)cc1. The molecule has 0 N–H and O–H groups in total. The molecule has 0 bridgehead atoms. The van der Waals surface area contributed by atoms with E-state index in [1.54, 1.807) is 48.5 Å². The second kappa shape index (κ2) is 7.24. The van der Waals surface area contributed by atoms with Crippen molar-refractivity contribution in [1.29, 1.82) is 0 Å². The van der Waals surface area contributed by atoms with Crippen molar-refractivity contribution in [1.82, 2.24) is 0 Å². The van der Waals surface area contributed by atoms with Gasteiger partial charge in [0.15, 0.2) is 11.6 Å². The van der Waals surface area contributed by atoms with Gasteiger partial charge in [0, 0.05) is 28.1 Å². The third-order valence-electron chi connectivity index (χ3n) is 3.78. The van der Waals surface area contributed by atoms with Crippen LogP contribution in [0, 0.1) is 0 Å². The lowest BCUT2D eigenvalue weighted by Gasteiger charge is -2.04. The van der Waals surface area contributed by atoms with Crippen LogP contribution in [0.3, 0.4) is 0 Å². The minimum absolute atomic E-state index is 0.0102. The Morgan fingerprint density at radius 2 is 1.21 bits per heavy atom. The summed E-state index contributed by atoms with van der Waals surface area (Å²) in [5, 5.41) is 0.648. The van der Waals surface area contributed by atoms with Gasteiger partial charge in [0.2, 0.25) is 0 Å². The van der Waals surface area contributed by atoms with Gasteiger partial charge in [-0.1, -0.05) is 78.3 Å². The lowest BCUT2D eigenvalue weighted by Crippen LogP contribution is -2.05. The van der Waals surface area contributed by atoms with Crippen LogP contribution in [0.2, 0.25) is 5.02 Å². The summed E-state index contributed by atoms with van der Waals surface area (Å²) in [7, 11) is 0. The Bertz CT molecular complexity index is 851. The number of carbonyl (C=O) groups excluding carboxylic acids is 2. The van der Waals surface area contributed by atoms with E-state index < -0.39 is 0 Å². The second-order valence-corrected chi connectivity index (χ2v) is 5.94. The molecule has 0 saturated heterocycles. The van der Waals surface area contributed by atoms with Gasteiger partial charge >= 0.3 is 0 Å². The number of hydrogen-bond donors (Lipinski definition) is 0. The Labute approximate surface area is 145 Å². The molecule has 2 nitrogen and oxygen atoms in total. The number of ketones is 2. The third kappa shape index (κ3) is 3.79. The number of carbonyl (C=O) groups is 2. The van der Waals surface area contributed by atoms with Crippen molar-refractivity contribution in [2.24, 2.45) is 0 Å². The molecule has 0 aromatic heterocycles. The molecule has 0 saturated carbocycles.